The second-order valence-corrected chi connectivity index (χ2v) is 4.31. The van der Waals surface area contributed by atoms with Gasteiger partial charge in [-0.15, -0.1) is 0 Å². The summed E-state index contributed by atoms with van der Waals surface area (Å²) < 4.78 is 5.30. The van der Waals surface area contributed by atoms with E-state index in [9.17, 15) is 10.1 Å². The summed E-state index contributed by atoms with van der Waals surface area (Å²) in [7, 11) is 0. The number of morpholine rings is 1. The minimum absolute atomic E-state index is 0.0720. The smallest absolute Gasteiger partial charge is 0.377 e. The molecule has 7 heteroatoms. The van der Waals surface area contributed by atoms with Gasteiger partial charge >= 0.3 is 5.82 Å². The van der Waals surface area contributed by atoms with Crippen molar-refractivity contribution >= 4 is 23.1 Å². The number of anilines is 1. The molecule has 0 N–H and O–H groups in total. The normalized spacial score (nSPS) is 20.4. The Bertz CT molecular complexity index is 441. The van der Waals surface area contributed by atoms with Gasteiger partial charge in [0.15, 0.2) is 6.20 Å². The minimum Gasteiger partial charge on any atom is -0.377 e. The van der Waals surface area contributed by atoms with Crippen molar-refractivity contribution < 1.29 is 9.66 Å². The van der Waals surface area contributed by atoms with Gasteiger partial charge in [-0.2, -0.15) is 0 Å². The van der Waals surface area contributed by atoms with E-state index in [-0.39, 0.29) is 11.9 Å². The Morgan fingerprint density at radius 3 is 3.12 bits per heavy atom. The maximum Gasteiger partial charge on any atom is 0.387 e. The Balaban J connectivity index is 2.41. The molecule has 1 aliphatic rings. The molecule has 0 radical (unpaired) electrons. The van der Waals surface area contributed by atoms with Crippen LogP contribution in [-0.2, 0) is 4.74 Å². The van der Waals surface area contributed by atoms with Crippen molar-refractivity contribution in [2.24, 2.45) is 0 Å². The molecule has 6 nitrogen and oxygen atoms in total. The van der Waals surface area contributed by atoms with E-state index in [1.807, 2.05) is 11.8 Å². The van der Waals surface area contributed by atoms with E-state index in [0.717, 1.165) is 0 Å². The van der Waals surface area contributed by atoms with Crippen LogP contribution in [0.2, 0.25) is 5.02 Å². The first-order chi connectivity index (χ1) is 8.09. The van der Waals surface area contributed by atoms with E-state index in [1.165, 1.54) is 6.20 Å². The van der Waals surface area contributed by atoms with Crippen LogP contribution in [0.25, 0.3) is 0 Å². The Kier molecular flexibility index (Phi) is 3.44. The zero-order chi connectivity index (χ0) is 12.4. The molecule has 0 aliphatic carbocycles. The average Bonchev–Trinajstić information content (AvgIpc) is 2.29. The molecule has 0 amide bonds. The van der Waals surface area contributed by atoms with Crippen LogP contribution in [0, 0.1) is 10.1 Å². The Morgan fingerprint density at radius 2 is 2.47 bits per heavy atom. The number of halogens is 1. The second-order valence-electron chi connectivity index (χ2n) is 3.87. The second kappa shape index (κ2) is 4.85. The lowest BCUT2D eigenvalue weighted by molar-refractivity contribution is -0.388. The van der Waals surface area contributed by atoms with E-state index in [4.69, 9.17) is 16.3 Å². The maximum atomic E-state index is 10.9. The first-order valence-corrected chi connectivity index (χ1v) is 5.61. The van der Waals surface area contributed by atoms with E-state index in [0.29, 0.717) is 30.5 Å². The van der Waals surface area contributed by atoms with Crippen molar-refractivity contribution in [3.8, 4) is 0 Å². The van der Waals surface area contributed by atoms with E-state index in [1.54, 1.807) is 6.07 Å². The zero-order valence-corrected chi connectivity index (χ0v) is 10.1. The third-order valence-corrected chi connectivity index (χ3v) is 2.87. The number of ether oxygens (including phenoxy) is 1. The van der Waals surface area contributed by atoms with Crippen molar-refractivity contribution in [1.82, 2.24) is 4.98 Å². The molecule has 1 aromatic heterocycles. The van der Waals surface area contributed by atoms with Crippen molar-refractivity contribution in [1.29, 1.82) is 0 Å². The van der Waals surface area contributed by atoms with Crippen molar-refractivity contribution in [3.63, 3.8) is 0 Å². The number of hydrogen-bond donors (Lipinski definition) is 0. The predicted octanol–water partition coefficient (Wildman–Crippen LogP) is 1.87. The van der Waals surface area contributed by atoms with E-state index in [2.05, 4.69) is 4.98 Å². The van der Waals surface area contributed by atoms with Gasteiger partial charge in [0.1, 0.15) is 5.69 Å². The maximum absolute atomic E-state index is 10.9. The Morgan fingerprint density at radius 1 is 1.71 bits per heavy atom. The van der Waals surface area contributed by atoms with Gasteiger partial charge < -0.3 is 19.8 Å². The third-order valence-electron chi connectivity index (χ3n) is 2.66. The van der Waals surface area contributed by atoms with Crippen molar-refractivity contribution in [2.45, 2.75) is 13.0 Å². The summed E-state index contributed by atoms with van der Waals surface area (Å²) in [4.78, 5) is 16.1. The fraction of sp³-hybridized carbons (Fsp3) is 0.500. The highest BCUT2D eigenvalue weighted by atomic mass is 35.5. The fourth-order valence-corrected chi connectivity index (χ4v) is 2.01. The largest absolute Gasteiger partial charge is 0.387 e. The van der Waals surface area contributed by atoms with Gasteiger partial charge in [-0.1, -0.05) is 11.6 Å². The molecule has 1 unspecified atom stereocenters. The quantitative estimate of drug-likeness (QED) is 0.598. The molecule has 1 fully saturated rings. The lowest BCUT2D eigenvalue weighted by Crippen LogP contribution is -2.44. The highest BCUT2D eigenvalue weighted by molar-refractivity contribution is 6.30. The summed E-state index contributed by atoms with van der Waals surface area (Å²) in [5, 5.41) is 11.3. The summed E-state index contributed by atoms with van der Waals surface area (Å²) >= 11 is 5.85. The predicted molar refractivity (Wildman–Crippen MR) is 63.5 cm³/mol. The van der Waals surface area contributed by atoms with Crippen LogP contribution < -0.4 is 4.90 Å². The molecule has 2 heterocycles. The van der Waals surface area contributed by atoms with Crippen LogP contribution in [0.3, 0.4) is 0 Å². The molecule has 1 saturated heterocycles. The fourth-order valence-electron chi connectivity index (χ4n) is 1.86. The molecular weight excluding hydrogens is 246 g/mol. The SMILES string of the molecule is CC1COCCN1c1cc(Cl)cnc1[N+](=O)[O-]. The molecule has 1 atom stereocenters. The van der Waals surface area contributed by atoms with Gasteiger partial charge in [-0.05, 0) is 22.9 Å². The standard InChI is InChI=1S/C10H12ClN3O3/c1-7-6-17-3-2-13(7)9-4-8(11)5-12-10(9)14(15)16/h4-5,7H,2-3,6H2,1H3. The summed E-state index contributed by atoms with van der Waals surface area (Å²) in [6, 6.07) is 1.65. The van der Waals surface area contributed by atoms with Crippen LogP contribution in [0.15, 0.2) is 12.3 Å². The summed E-state index contributed by atoms with van der Waals surface area (Å²) in [5.41, 5.74) is 0.457. The molecular formula is C10H12ClN3O3. The molecule has 2 rings (SSSR count). The molecule has 0 bridgehead atoms. The number of pyridine rings is 1. The monoisotopic (exact) mass is 257 g/mol. The average molecular weight is 258 g/mol. The number of nitro groups is 1. The summed E-state index contributed by atoms with van der Waals surface area (Å²) in [6.45, 7) is 3.64. The van der Waals surface area contributed by atoms with Gasteiger partial charge in [0, 0.05) is 12.6 Å². The molecule has 0 saturated carbocycles. The Labute approximate surface area is 103 Å². The highest BCUT2D eigenvalue weighted by Crippen LogP contribution is 2.30. The van der Waals surface area contributed by atoms with Gasteiger partial charge in [0.25, 0.3) is 0 Å². The van der Waals surface area contributed by atoms with Crippen LogP contribution in [0.4, 0.5) is 11.5 Å². The summed E-state index contributed by atoms with van der Waals surface area (Å²) in [5.74, 6) is -0.164. The topological polar surface area (TPSA) is 68.5 Å². The van der Waals surface area contributed by atoms with Crippen LogP contribution in [-0.4, -0.2) is 35.7 Å². The van der Waals surface area contributed by atoms with E-state index < -0.39 is 4.92 Å². The third kappa shape index (κ3) is 2.48. The van der Waals surface area contributed by atoms with Crippen LogP contribution >= 0.6 is 11.6 Å². The van der Waals surface area contributed by atoms with Gasteiger partial charge in [0.2, 0.25) is 0 Å². The van der Waals surface area contributed by atoms with Crippen molar-refractivity contribution in [2.75, 3.05) is 24.7 Å². The van der Waals surface area contributed by atoms with Gasteiger partial charge in [0.05, 0.1) is 18.2 Å². The number of rotatable bonds is 2. The lowest BCUT2D eigenvalue weighted by Gasteiger charge is -2.34. The Hall–Kier alpha value is -1.40. The van der Waals surface area contributed by atoms with Gasteiger partial charge in [-0.3, -0.25) is 0 Å². The number of nitrogens with zero attached hydrogens (tertiary/aromatic N) is 3. The van der Waals surface area contributed by atoms with Crippen LogP contribution in [0.1, 0.15) is 6.92 Å². The molecule has 17 heavy (non-hydrogen) atoms. The van der Waals surface area contributed by atoms with E-state index >= 15 is 0 Å². The lowest BCUT2D eigenvalue weighted by atomic mass is 10.2. The number of hydrogen-bond acceptors (Lipinski definition) is 5. The first-order valence-electron chi connectivity index (χ1n) is 5.24. The van der Waals surface area contributed by atoms with Crippen LogP contribution in [0.5, 0.6) is 0 Å². The summed E-state index contributed by atoms with van der Waals surface area (Å²) in [6.07, 6.45) is 1.29. The first kappa shape index (κ1) is 12.1. The zero-order valence-electron chi connectivity index (χ0n) is 9.30. The molecule has 0 aromatic carbocycles. The highest BCUT2D eigenvalue weighted by Gasteiger charge is 2.27. The molecule has 0 spiro atoms. The molecule has 1 aromatic rings. The molecule has 92 valence electrons. The van der Waals surface area contributed by atoms with Gasteiger partial charge in [-0.25, -0.2) is 0 Å². The van der Waals surface area contributed by atoms with Crippen molar-refractivity contribution in [3.05, 3.63) is 27.4 Å². The minimum atomic E-state index is -0.492. The molecule has 1 aliphatic heterocycles. The number of aromatic nitrogens is 1.